The Hall–Kier alpha value is -3.11. The van der Waals surface area contributed by atoms with Crippen molar-refractivity contribution in [2.75, 3.05) is 14.1 Å². The van der Waals surface area contributed by atoms with Crippen molar-refractivity contribution < 1.29 is 4.79 Å². The van der Waals surface area contributed by atoms with Crippen molar-refractivity contribution in [2.45, 2.75) is 6.92 Å². The molecule has 0 aliphatic heterocycles. The van der Waals surface area contributed by atoms with Gasteiger partial charge in [-0.25, -0.2) is 4.99 Å². The lowest BCUT2D eigenvalue weighted by Crippen LogP contribution is -2.18. The van der Waals surface area contributed by atoms with Crippen LogP contribution >= 0.6 is 11.8 Å². The summed E-state index contributed by atoms with van der Waals surface area (Å²) in [6.45, 7) is 2.05. The Kier molecular flexibility index (Phi) is 7.04. The van der Waals surface area contributed by atoms with E-state index in [9.17, 15) is 4.79 Å². The average molecular weight is 401 g/mol. The van der Waals surface area contributed by atoms with Crippen LogP contribution in [0.15, 0.2) is 88.8 Å². The van der Waals surface area contributed by atoms with Gasteiger partial charge in [-0.1, -0.05) is 66.2 Å². The van der Waals surface area contributed by atoms with Crippen LogP contribution in [0.5, 0.6) is 0 Å². The molecule has 3 nitrogen and oxygen atoms in total. The molecule has 0 saturated carbocycles. The van der Waals surface area contributed by atoms with Crippen LogP contribution in [-0.4, -0.2) is 30.4 Å². The normalized spacial score (nSPS) is 12.0. The number of hydrogen-bond donors (Lipinski definition) is 0. The summed E-state index contributed by atoms with van der Waals surface area (Å²) in [5.74, 6) is 0. The molecule has 146 valence electrons. The predicted molar refractivity (Wildman–Crippen MR) is 125 cm³/mol. The summed E-state index contributed by atoms with van der Waals surface area (Å²) in [7, 11) is 3.86. The molecule has 29 heavy (non-hydrogen) atoms. The van der Waals surface area contributed by atoms with Gasteiger partial charge < -0.3 is 4.90 Å². The van der Waals surface area contributed by atoms with Crippen LogP contribution in [0.3, 0.4) is 0 Å². The van der Waals surface area contributed by atoms with Gasteiger partial charge in [0, 0.05) is 14.1 Å². The molecule has 0 unspecified atom stereocenters. The number of nitrogens with zero attached hydrogens (tertiary/aromatic N) is 2. The van der Waals surface area contributed by atoms with E-state index in [1.54, 1.807) is 0 Å². The van der Waals surface area contributed by atoms with Crippen LogP contribution < -0.4 is 0 Å². The molecule has 3 rings (SSSR count). The largest absolute Gasteiger partial charge is 0.357 e. The van der Waals surface area contributed by atoms with E-state index in [4.69, 9.17) is 4.99 Å². The monoisotopic (exact) mass is 400 g/mol. The van der Waals surface area contributed by atoms with Gasteiger partial charge in [0.05, 0.1) is 10.6 Å². The summed E-state index contributed by atoms with van der Waals surface area (Å²) < 4.78 is 0. The minimum Gasteiger partial charge on any atom is -0.357 e. The standard InChI is InChI=1S/C25H24N2OS/c1-19-12-14-23(15-13-19)26-25(27(2)3)29-24(18-28)17-20-8-7-11-22(16-20)21-9-5-4-6-10-21/h4-18H,1-3H3/b24-17-,26-25?. The summed E-state index contributed by atoms with van der Waals surface area (Å²) in [4.78, 5) is 19.0. The molecular weight excluding hydrogens is 376 g/mol. The molecule has 0 N–H and O–H groups in total. The fourth-order valence-corrected chi connectivity index (χ4v) is 3.53. The molecule has 3 aromatic rings. The van der Waals surface area contributed by atoms with Crippen LogP contribution in [0.1, 0.15) is 11.1 Å². The SMILES string of the molecule is Cc1ccc(N=C(S/C(C=O)=C\c2cccc(-c3ccccc3)c2)N(C)C)cc1. The van der Waals surface area contributed by atoms with E-state index in [0.29, 0.717) is 4.91 Å². The molecule has 0 fully saturated rings. The number of aliphatic imine (C=N–C) groups is 1. The summed E-state index contributed by atoms with van der Waals surface area (Å²) >= 11 is 1.36. The highest BCUT2D eigenvalue weighted by Crippen LogP contribution is 2.26. The van der Waals surface area contributed by atoms with Crippen LogP contribution in [-0.2, 0) is 4.79 Å². The first-order chi connectivity index (χ1) is 14.0. The van der Waals surface area contributed by atoms with E-state index in [0.717, 1.165) is 33.8 Å². The molecule has 4 heteroatoms. The van der Waals surface area contributed by atoms with Crippen molar-refractivity contribution in [1.82, 2.24) is 4.90 Å². The highest BCUT2D eigenvalue weighted by molar-refractivity contribution is 8.17. The minimum atomic E-state index is 0.606. The molecule has 0 spiro atoms. The van der Waals surface area contributed by atoms with Gasteiger partial charge in [-0.3, -0.25) is 4.79 Å². The topological polar surface area (TPSA) is 32.7 Å². The zero-order chi connectivity index (χ0) is 20.6. The lowest BCUT2D eigenvalue weighted by molar-refractivity contribution is -0.104. The number of rotatable bonds is 5. The van der Waals surface area contributed by atoms with Crippen LogP contribution in [0.25, 0.3) is 17.2 Å². The Morgan fingerprint density at radius 2 is 1.59 bits per heavy atom. The number of amidine groups is 1. The number of carbonyl (C=O) groups is 1. The van der Waals surface area contributed by atoms with Crippen molar-refractivity contribution in [1.29, 1.82) is 0 Å². The third kappa shape index (κ3) is 5.93. The molecule has 0 heterocycles. The second kappa shape index (κ2) is 9.89. The summed E-state index contributed by atoms with van der Waals surface area (Å²) in [5, 5.41) is 0.756. The van der Waals surface area contributed by atoms with Crippen molar-refractivity contribution in [3.63, 3.8) is 0 Å². The van der Waals surface area contributed by atoms with E-state index in [-0.39, 0.29) is 0 Å². The molecule has 0 aromatic heterocycles. The summed E-state index contributed by atoms with van der Waals surface area (Å²) in [6.07, 6.45) is 2.78. The highest BCUT2D eigenvalue weighted by atomic mass is 32.2. The molecule has 0 aliphatic rings. The Labute approximate surface area is 176 Å². The number of aryl methyl sites for hydroxylation is 1. The van der Waals surface area contributed by atoms with Gasteiger partial charge in [0.25, 0.3) is 0 Å². The van der Waals surface area contributed by atoms with Crippen molar-refractivity contribution in [3.8, 4) is 11.1 Å². The third-order valence-electron chi connectivity index (χ3n) is 4.27. The average Bonchev–Trinajstić information content (AvgIpc) is 2.75. The lowest BCUT2D eigenvalue weighted by Gasteiger charge is -2.15. The molecule has 0 amide bonds. The first-order valence-electron chi connectivity index (χ1n) is 9.38. The highest BCUT2D eigenvalue weighted by Gasteiger charge is 2.09. The Bertz CT molecular complexity index is 1020. The first kappa shape index (κ1) is 20.6. The quantitative estimate of drug-likeness (QED) is 0.222. The van der Waals surface area contributed by atoms with Crippen molar-refractivity contribution in [2.24, 2.45) is 4.99 Å². The second-order valence-electron chi connectivity index (χ2n) is 6.88. The van der Waals surface area contributed by atoms with Crippen LogP contribution in [0.2, 0.25) is 0 Å². The molecule has 0 saturated heterocycles. The van der Waals surface area contributed by atoms with E-state index in [1.165, 1.54) is 17.3 Å². The molecule has 3 aromatic carbocycles. The maximum absolute atomic E-state index is 11.8. The van der Waals surface area contributed by atoms with Gasteiger partial charge in [-0.15, -0.1) is 0 Å². The smallest absolute Gasteiger partial charge is 0.168 e. The number of thioether (sulfide) groups is 1. The van der Waals surface area contributed by atoms with Gasteiger partial charge >= 0.3 is 0 Å². The Balaban J connectivity index is 1.87. The van der Waals surface area contributed by atoms with Crippen LogP contribution in [0, 0.1) is 6.92 Å². The molecule has 0 radical (unpaired) electrons. The summed E-state index contributed by atoms with van der Waals surface area (Å²) in [6, 6.07) is 26.4. The molecule has 0 bridgehead atoms. The van der Waals surface area contributed by atoms with Gasteiger partial charge in [0.15, 0.2) is 11.5 Å². The second-order valence-corrected chi connectivity index (χ2v) is 7.92. The van der Waals surface area contributed by atoms with E-state index in [1.807, 2.05) is 86.6 Å². The van der Waals surface area contributed by atoms with E-state index >= 15 is 0 Å². The number of benzene rings is 3. The number of carbonyl (C=O) groups excluding carboxylic acids is 1. The summed E-state index contributed by atoms with van der Waals surface area (Å²) in [5.41, 5.74) is 5.31. The van der Waals surface area contributed by atoms with Gasteiger partial charge in [-0.05, 0) is 59.7 Å². The lowest BCUT2D eigenvalue weighted by atomic mass is 10.0. The predicted octanol–water partition coefficient (Wildman–Crippen LogP) is 6.18. The van der Waals surface area contributed by atoms with Gasteiger partial charge in [0.2, 0.25) is 0 Å². The zero-order valence-corrected chi connectivity index (χ0v) is 17.7. The Morgan fingerprint density at radius 3 is 2.24 bits per heavy atom. The number of hydrogen-bond acceptors (Lipinski definition) is 3. The fourth-order valence-electron chi connectivity index (χ4n) is 2.74. The number of aldehydes is 1. The maximum atomic E-state index is 11.8. The molecule has 0 atom stereocenters. The number of allylic oxidation sites excluding steroid dienone is 1. The minimum absolute atomic E-state index is 0.606. The van der Waals surface area contributed by atoms with Crippen LogP contribution in [0.4, 0.5) is 5.69 Å². The Morgan fingerprint density at radius 1 is 0.897 bits per heavy atom. The van der Waals surface area contributed by atoms with Crippen molar-refractivity contribution >= 4 is 35.0 Å². The third-order valence-corrected chi connectivity index (χ3v) is 5.36. The van der Waals surface area contributed by atoms with Crippen molar-refractivity contribution in [3.05, 3.63) is 94.9 Å². The molecule has 0 aliphatic carbocycles. The van der Waals surface area contributed by atoms with E-state index in [2.05, 4.69) is 24.3 Å². The fraction of sp³-hybridized carbons (Fsp3) is 0.120. The maximum Gasteiger partial charge on any atom is 0.168 e. The molecular formula is C25H24N2OS. The zero-order valence-electron chi connectivity index (χ0n) is 16.9. The van der Waals surface area contributed by atoms with Gasteiger partial charge in [0.1, 0.15) is 0 Å². The van der Waals surface area contributed by atoms with Gasteiger partial charge in [-0.2, -0.15) is 0 Å². The van der Waals surface area contributed by atoms with E-state index < -0.39 is 0 Å². The first-order valence-corrected chi connectivity index (χ1v) is 10.2.